The minimum atomic E-state index is -2.73. The summed E-state index contributed by atoms with van der Waals surface area (Å²) < 4.78 is 27.9. The minimum absolute atomic E-state index is 0.499. The molecule has 1 aromatic carbocycles. The topological polar surface area (TPSA) is 17.1 Å². The number of hydrogen-bond acceptors (Lipinski definition) is 1. The Morgan fingerprint density at radius 3 is 2.91 bits per heavy atom. The molecule has 0 aliphatic heterocycles. The third-order valence-electron chi connectivity index (χ3n) is 1.17. The fourth-order valence-corrected chi connectivity index (χ4v) is 0.698. The van der Waals surface area contributed by atoms with Gasteiger partial charge in [0, 0.05) is 4.11 Å². The van der Waals surface area contributed by atoms with Gasteiger partial charge in [0.25, 0.3) is 0 Å². The van der Waals surface area contributed by atoms with Crippen molar-refractivity contribution in [3.05, 3.63) is 41.9 Å². The summed E-state index contributed by atoms with van der Waals surface area (Å²) in [5.41, 5.74) is 0.639. The van der Waals surface area contributed by atoms with E-state index in [1.807, 2.05) is 0 Å². The summed E-state index contributed by atoms with van der Waals surface area (Å²) in [6.45, 7) is -2.73. The average Bonchev–Trinajstić information content (AvgIpc) is 2.16. The van der Waals surface area contributed by atoms with Crippen molar-refractivity contribution in [1.82, 2.24) is 0 Å². The van der Waals surface area contributed by atoms with Crippen molar-refractivity contribution in [2.24, 2.45) is 0 Å². The first kappa shape index (κ1) is 3.86. The van der Waals surface area contributed by atoms with Crippen molar-refractivity contribution in [3.63, 3.8) is 0 Å². The van der Waals surface area contributed by atoms with Gasteiger partial charge in [-0.25, -0.2) is 0 Å². The summed E-state index contributed by atoms with van der Waals surface area (Å²) in [5, 5.41) is 0. The van der Waals surface area contributed by atoms with E-state index in [1.165, 1.54) is 6.08 Å². The molecule has 0 spiro atoms. The zero-order chi connectivity index (χ0) is 11.5. The van der Waals surface area contributed by atoms with Crippen molar-refractivity contribution in [2.75, 3.05) is 0 Å². The van der Waals surface area contributed by atoms with Gasteiger partial charge in [-0.2, -0.15) is 0 Å². The Balaban J connectivity index is 2.91. The first-order valence-corrected chi connectivity index (χ1v) is 3.19. The third-order valence-corrected chi connectivity index (χ3v) is 1.17. The van der Waals surface area contributed by atoms with Gasteiger partial charge < -0.3 is 0 Å². The van der Waals surface area contributed by atoms with E-state index in [0.717, 1.165) is 0 Å². The van der Waals surface area contributed by atoms with Crippen LogP contribution in [0.2, 0.25) is 0 Å². The number of rotatable bonds is 2. The van der Waals surface area contributed by atoms with Crippen LogP contribution in [-0.2, 0) is 4.79 Å². The predicted molar refractivity (Wildman–Crippen MR) is 46.2 cm³/mol. The quantitative estimate of drug-likeness (QED) is 0.591. The van der Waals surface area contributed by atoms with Crippen LogP contribution < -0.4 is 0 Å². The standard InChI is InChI=1S/C10H10O/c1-9(11)7-8-10-5-3-2-4-6-10/h2-8H,1H3/b8-7+/i1D3,7D. The highest BCUT2D eigenvalue weighted by atomic mass is 16.1. The molecule has 0 aliphatic rings. The largest absolute Gasteiger partial charge is 0.295 e. The Morgan fingerprint density at radius 2 is 2.27 bits per heavy atom. The predicted octanol–water partition coefficient (Wildman–Crippen LogP) is 2.29. The molecule has 0 atom stereocenters. The van der Waals surface area contributed by atoms with E-state index in [4.69, 9.17) is 5.48 Å². The molecule has 0 aromatic heterocycles. The maximum Gasteiger partial charge on any atom is 0.152 e. The average molecular weight is 150 g/mol. The van der Waals surface area contributed by atoms with Crippen LogP contribution in [0.5, 0.6) is 0 Å². The van der Waals surface area contributed by atoms with Gasteiger partial charge in [-0.3, -0.25) is 4.79 Å². The second-order valence-corrected chi connectivity index (χ2v) is 2.03. The Morgan fingerprint density at radius 1 is 1.55 bits per heavy atom. The van der Waals surface area contributed by atoms with Crippen molar-refractivity contribution in [3.8, 4) is 0 Å². The van der Waals surface area contributed by atoms with Crippen LogP contribution in [0.1, 0.15) is 17.9 Å². The maximum atomic E-state index is 11.2. The highest BCUT2D eigenvalue weighted by Gasteiger charge is 1.83. The molecule has 11 heavy (non-hydrogen) atoms. The highest BCUT2D eigenvalue weighted by molar-refractivity contribution is 5.91. The van der Waals surface area contributed by atoms with Gasteiger partial charge in [0.05, 0.1) is 1.37 Å². The summed E-state index contributed by atoms with van der Waals surface area (Å²) in [4.78, 5) is 11.2. The van der Waals surface area contributed by atoms with Gasteiger partial charge in [0.1, 0.15) is 0 Å². The third kappa shape index (κ3) is 2.80. The van der Waals surface area contributed by atoms with Gasteiger partial charge in [-0.1, -0.05) is 36.4 Å². The van der Waals surface area contributed by atoms with Crippen LogP contribution in [0.25, 0.3) is 6.08 Å². The van der Waals surface area contributed by atoms with E-state index in [-0.39, 0.29) is 0 Å². The van der Waals surface area contributed by atoms with Crippen LogP contribution in [0.15, 0.2) is 36.4 Å². The first-order chi connectivity index (χ1) is 6.91. The number of carbonyl (C=O) groups excluding carboxylic acids is 1. The molecule has 0 saturated heterocycles. The zero-order valence-electron chi connectivity index (χ0n) is 9.87. The van der Waals surface area contributed by atoms with E-state index in [2.05, 4.69) is 0 Å². The lowest BCUT2D eigenvalue weighted by atomic mass is 10.2. The Labute approximate surface area is 72.0 Å². The SMILES string of the molecule is [2H]/C(=C\c1ccccc1)C(=O)C([2H])([2H])[2H]. The first-order valence-electron chi connectivity index (χ1n) is 5.19. The number of hydrogen-bond donors (Lipinski definition) is 0. The van der Waals surface area contributed by atoms with Gasteiger partial charge in [-0.05, 0) is 18.5 Å². The summed E-state index contributed by atoms with van der Waals surface area (Å²) in [5.74, 6) is -1.13. The smallest absolute Gasteiger partial charge is 0.152 e. The van der Waals surface area contributed by atoms with Crippen LogP contribution in [0, 0.1) is 0 Å². The maximum absolute atomic E-state index is 11.2. The molecule has 0 N–H and O–H groups in total. The molecule has 0 bridgehead atoms. The van der Waals surface area contributed by atoms with Crippen LogP contribution in [0.4, 0.5) is 0 Å². The van der Waals surface area contributed by atoms with E-state index in [9.17, 15) is 4.79 Å². The molecule has 0 radical (unpaired) electrons. The molecule has 1 aromatic rings. The van der Waals surface area contributed by atoms with Crippen molar-refractivity contribution >= 4 is 11.9 Å². The number of allylic oxidation sites excluding steroid dienone is 1. The molecule has 1 nitrogen and oxygen atoms in total. The molecule has 1 heteroatoms. The molecule has 56 valence electrons. The second kappa shape index (κ2) is 3.71. The molecule has 0 fully saturated rings. The van der Waals surface area contributed by atoms with E-state index in [1.54, 1.807) is 30.3 Å². The lowest BCUT2D eigenvalue weighted by Gasteiger charge is -1.88. The van der Waals surface area contributed by atoms with Gasteiger partial charge in [0.15, 0.2) is 5.78 Å². The highest BCUT2D eigenvalue weighted by Crippen LogP contribution is 2.00. The molecule has 0 saturated carbocycles. The summed E-state index contributed by atoms with van der Waals surface area (Å²) in [7, 11) is 0. The van der Waals surface area contributed by atoms with E-state index in [0.29, 0.717) is 5.56 Å². The van der Waals surface area contributed by atoms with Crippen molar-refractivity contribution < 1.29 is 10.3 Å². The molecule has 1 rings (SSSR count). The summed E-state index contributed by atoms with van der Waals surface area (Å²) in [6, 6.07) is 8.19. The van der Waals surface area contributed by atoms with E-state index >= 15 is 0 Å². The molecule has 0 unspecified atom stereocenters. The number of benzene rings is 1. The van der Waals surface area contributed by atoms with Gasteiger partial charge in [0.2, 0.25) is 0 Å². The Kier molecular flexibility index (Phi) is 1.30. The van der Waals surface area contributed by atoms with Crippen LogP contribution in [-0.4, -0.2) is 5.78 Å². The fraction of sp³-hybridized carbons (Fsp3) is 0.100. The molecule has 0 amide bonds. The molecular weight excluding hydrogens is 136 g/mol. The second-order valence-electron chi connectivity index (χ2n) is 2.03. The summed E-state index contributed by atoms with van der Waals surface area (Å²) >= 11 is 0. The van der Waals surface area contributed by atoms with Gasteiger partial charge in [-0.15, -0.1) is 0 Å². The van der Waals surface area contributed by atoms with Crippen molar-refractivity contribution in [2.45, 2.75) is 6.85 Å². The molecule has 0 heterocycles. The zero-order valence-corrected chi connectivity index (χ0v) is 5.87. The number of carbonyl (C=O) groups is 1. The Bertz CT molecular complexity index is 378. The van der Waals surface area contributed by atoms with Crippen LogP contribution in [0.3, 0.4) is 0 Å². The monoisotopic (exact) mass is 150 g/mol. The number of ketones is 1. The minimum Gasteiger partial charge on any atom is -0.295 e. The lowest BCUT2D eigenvalue weighted by Crippen LogP contribution is -1.79. The molecular formula is C10H10O. The van der Waals surface area contributed by atoms with Crippen molar-refractivity contribution in [1.29, 1.82) is 0 Å². The summed E-state index contributed by atoms with van der Waals surface area (Å²) in [6.07, 6.45) is 1.24. The Hall–Kier alpha value is -1.37. The normalized spacial score (nSPS) is 17.6. The van der Waals surface area contributed by atoms with Gasteiger partial charge >= 0.3 is 0 Å². The lowest BCUT2D eigenvalue weighted by molar-refractivity contribution is -0.112. The van der Waals surface area contributed by atoms with Crippen LogP contribution >= 0.6 is 0 Å². The van der Waals surface area contributed by atoms with E-state index < -0.39 is 18.7 Å². The molecule has 0 aliphatic carbocycles. The fourth-order valence-electron chi connectivity index (χ4n) is 0.698.